The molecule has 0 radical (unpaired) electrons. The molecule has 0 saturated carbocycles. The molecule has 2 aromatic heterocycles. The summed E-state index contributed by atoms with van der Waals surface area (Å²) in [6, 6.07) is 0. The van der Waals surface area contributed by atoms with E-state index in [1.54, 1.807) is 6.20 Å². The quantitative estimate of drug-likeness (QED) is 0.705. The van der Waals surface area contributed by atoms with Crippen LogP contribution in [0.15, 0.2) is 12.4 Å². The molecule has 1 aliphatic rings. The Labute approximate surface area is 135 Å². The highest BCUT2D eigenvalue weighted by atomic mass is 16.1. The Hall–Kier alpha value is -2.44. The smallest absolute Gasteiger partial charge is 0.270 e. The summed E-state index contributed by atoms with van der Waals surface area (Å²) in [5.41, 5.74) is 1.44. The molecule has 0 unspecified atom stereocenters. The number of aromatic nitrogens is 4. The summed E-state index contributed by atoms with van der Waals surface area (Å²) < 4.78 is 0. The molecule has 7 heteroatoms. The number of amides is 1. The molecule has 0 bridgehead atoms. The molecule has 0 spiro atoms. The van der Waals surface area contributed by atoms with Gasteiger partial charge < -0.3 is 15.6 Å². The molecule has 7 nitrogen and oxygen atoms in total. The second-order valence-electron chi connectivity index (χ2n) is 5.98. The molecule has 3 N–H and O–H groups in total. The Morgan fingerprint density at radius 2 is 2.22 bits per heavy atom. The first-order valence-electron chi connectivity index (χ1n) is 8.06. The summed E-state index contributed by atoms with van der Waals surface area (Å²) in [6.07, 6.45) is 6.18. The van der Waals surface area contributed by atoms with E-state index in [0.717, 1.165) is 43.0 Å². The van der Waals surface area contributed by atoms with E-state index in [0.29, 0.717) is 18.1 Å². The van der Waals surface area contributed by atoms with Crippen LogP contribution in [0.5, 0.6) is 0 Å². The van der Waals surface area contributed by atoms with Gasteiger partial charge in [-0.1, -0.05) is 13.8 Å². The fraction of sp³-hybridized carbons (Fsp3) is 0.500. The van der Waals surface area contributed by atoms with E-state index < -0.39 is 0 Å². The third kappa shape index (κ3) is 3.49. The van der Waals surface area contributed by atoms with Gasteiger partial charge >= 0.3 is 0 Å². The first-order valence-corrected chi connectivity index (χ1v) is 8.06. The van der Waals surface area contributed by atoms with E-state index in [4.69, 9.17) is 0 Å². The van der Waals surface area contributed by atoms with Crippen LogP contribution < -0.4 is 10.6 Å². The van der Waals surface area contributed by atoms with Crippen LogP contribution in [0.2, 0.25) is 0 Å². The van der Waals surface area contributed by atoms with Crippen LogP contribution in [0, 0.1) is 0 Å². The van der Waals surface area contributed by atoms with Crippen molar-refractivity contribution in [3.05, 3.63) is 35.3 Å². The van der Waals surface area contributed by atoms with Gasteiger partial charge in [-0.3, -0.25) is 4.79 Å². The summed E-state index contributed by atoms with van der Waals surface area (Å²) in [4.78, 5) is 28.4. The van der Waals surface area contributed by atoms with Gasteiger partial charge in [0.1, 0.15) is 23.2 Å². The van der Waals surface area contributed by atoms with Gasteiger partial charge in [-0.2, -0.15) is 0 Å². The summed E-state index contributed by atoms with van der Waals surface area (Å²) in [5.74, 6) is 2.56. The zero-order valence-corrected chi connectivity index (χ0v) is 13.5. The molecule has 2 aromatic rings. The van der Waals surface area contributed by atoms with Crippen molar-refractivity contribution in [2.75, 3.05) is 18.4 Å². The van der Waals surface area contributed by atoms with Crippen molar-refractivity contribution in [1.82, 2.24) is 25.3 Å². The standard InChI is InChI=1S/C16H22N6O/c1-10(2)14-21-13-11(5-7-20-16(13)23)15(22-14)19-6-3-4-12-17-8-9-18-12/h8-10H,3-7H2,1-2H3,(H,17,18)(H,20,23)(H,19,21,22). The third-order valence-corrected chi connectivity index (χ3v) is 3.85. The highest BCUT2D eigenvalue weighted by Crippen LogP contribution is 2.23. The highest BCUT2D eigenvalue weighted by molar-refractivity contribution is 5.96. The number of hydrogen-bond acceptors (Lipinski definition) is 5. The lowest BCUT2D eigenvalue weighted by Gasteiger charge is -2.20. The van der Waals surface area contributed by atoms with E-state index in [1.165, 1.54) is 0 Å². The second kappa shape index (κ2) is 6.76. The summed E-state index contributed by atoms with van der Waals surface area (Å²) in [5, 5.41) is 6.23. The molecule has 0 saturated heterocycles. The molecule has 0 atom stereocenters. The van der Waals surface area contributed by atoms with Gasteiger partial charge in [-0.15, -0.1) is 0 Å². The second-order valence-corrected chi connectivity index (χ2v) is 5.98. The molecule has 3 heterocycles. The normalized spacial score (nSPS) is 13.8. The van der Waals surface area contributed by atoms with Crippen molar-refractivity contribution in [3.8, 4) is 0 Å². The molecular weight excluding hydrogens is 292 g/mol. The van der Waals surface area contributed by atoms with Crippen LogP contribution >= 0.6 is 0 Å². The Balaban J connectivity index is 1.73. The monoisotopic (exact) mass is 314 g/mol. The first-order chi connectivity index (χ1) is 11.1. The van der Waals surface area contributed by atoms with E-state index in [-0.39, 0.29) is 11.8 Å². The number of fused-ring (bicyclic) bond motifs is 1. The number of aryl methyl sites for hydroxylation is 1. The van der Waals surface area contributed by atoms with Gasteiger partial charge in [-0.25, -0.2) is 15.0 Å². The van der Waals surface area contributed by atoms with Crippen molar-refractivity contribution < 1.29 is 4.79 Å². The lowest BCUT2D eigenvalue weighted by atomic mass is 10.1. The first kappa shape index (κ1) is 15.5. The minimum atomic E-state index is -0.103. The number of carbonyl (C=O) groups excluding carboxylic acids is 1. The van der Waals surface area contributed by atoms with Crippen molar-refractivity contribution in [3.63, 3.8) is 0 Å². The zero-order chi connectivity index (χ0) is 16.2. The lowest BCUT2D eigenvalue weighted by Crippen LogP contribution is -2.34. The number of rotatable bonds is 6. The minimum absolute atomic E-state index is 0.103. The van der Waals surface area contributed by atoms with Crippen molar-refractivity contribution >= 4 is 11.7 Å². The Kier molecular flexibility index (Phi) is 4.55. The van der Waals surface area contributed by atoms with Crippen LogP contribution in [0.4, 0.5) is 5.82 Å². The van der Waals surface area contributed by atoms with Crippen LogP contribution in [0.1, 0.15) is 53.9 Å². The van der Waals surface area contributed by atoms with E-state index in [1.807, 2.05) is 20.0 Å². The maximum atomic E-state index is 12.1. The van der Waals surface area contributed by atoms with Crippen LogP contribution in [-0.4, -0.2) is 38.9 Å². The molecule has 122 valence electrons. The average Bonchev–Trinajstić information content (AvgIpc) is 3.05. The van der Waals surface area contributed by atoms with Gasteiger partial charge in [0.25, 0.3) is 5.91 Å². The number of imidazole rings is 1. The third-order valence-electron chi connectivity index (χ3n) is 3.85. The molecule has 1 aliphatic heterocycles. The number of H-pyrrole nitrogens is 1. The van der Waals surface area contributed by atoms with E-state index in [2.05, 4.69) is 30.6 Å². The fourth-order valence-electron chi connectivity index (χ4n) is 2.61. The number of aromatic amines is 1. The Morgan fingerprint density at radius 3 is 2.96 bits per heavy atom. The summed E-state index contributed by atoms with van der Waals surface area (Å²) in [6.45, 7) is 5.48. The molecule has 0 aliphatic carbocycles. The minimum Gasteiger partial charge on any atom is -0.370 e. The van der Waals surface area contributed by atoms with Gasteiger partial charge in [0.05, 0.1) is 0 Å². The van der Waals surface area contributed by atoms with Crippen LogP contribution in [0.3, 0.4) is 0 Å². The fourth-order valence-corrected chi connectivity index (χ4v) is 2.61. The number of carbonyl (C=O) groups is 1. The Morgan fingerprint density at radius 1 is 1.35 bits per heavy atom. The summed E-state index contributed by atoms with van der Waals surface area (Å²) >= 11 is 0. The molecular formula is C16H22N6O. The maximum Gasteiger partial charge on any atom is 0.270 e. The van der Waals surface area contributed by atoms with Gasteiger partial charge in [-0.05, 0) is 12.8 Å². The molecule has 0 fully saturated rings. The van der Waals surface area contributed by atoms with Crippen LogP contribution in [-0.2, 0) is 12.8 Å². The maximum absolute atomic E-state index is 12.1. The number of nitrogens with one attached hydrogen (secondary N) is 3. The molecule has 23 heavy (non-hydrogen) atoms. The van der Waals surface area contributed by atoms with Crippen LogP contribution in [0.25, 0.3) is 0 Å². The predicted molar refractivity (Wildman–Crippen MR) is 87.6 cm³/mol. The average molecular weight is 314 g/mol. The number of nitrogens with zero attached hydrogens (tertiary/aromatic N) is 3. The number of hydrogen-bond donors (Lipinski definition) is 3. The molecule has 1 amide bonds. The lowest BCUT2D eigenvalue weighted by molar-refractivity contribution is 0.0940. The largest absolute Gasteiger partial charge is 0.370 e. The van der Waals surface area contributed by atoms with Gasteiger partial charge in [0.15, 0.2) is 0 Å². The SMILES string of the molecule is CC(C)c1nc(NCCCc2ncc[nH]2)c2c(n1)C(=O)NCC2. The molecule has 0 aromatic carbocycles. The van der Waals surface area contributed by atoms with E-state index >= 15 is 0 Å². The van der Waals surface area contributed by atoms with Crippen molar-refractivity contribution in [2.24, 2.45) is 0 Å². The van der Waals surface area contributed by atoms with E-state index in [9.17, 15) is 4.79 Å². The Bertz CT molecular complexity index is 680. The topological polar surface area (TPSA) is 95.6 Å². The van der Waals surface area contributed by atoms with Gasteiger partial charge in [0, 0.05) is 43.4 Å². The zero-order valence-electron chi connectivity index (χ0n) is 13.5. The molecule has 3 rings (SSSR count). The highest BCUT2D eigenvalue weighted by Gasteiger charge is 2.24. The predicted octanol–water partition coefficient (Wildman–Crippen LogP) is 1.65. The van der Waals surface area contributed by atoms with Crippen molar-refractivity contribution in [2.45, 2.75) is 39.0 Å². The van der Waals surface area contributed by atoms with Crippen molar-refractivity contribution in [1.29, 1.82) is 0 Å². The number of anilines is 1. The van der Waals surface area contributed by atoms with Gasteiger partial charge in [0.2, 0.25) is 0 Å². The summed E-state index contributed by atoms with van der Waals surface area (Å²) in [7, 11) is 0.